The molecule has 4 rings (SSSR count). The van der Waals surface area contributed by atoms with Crippen molar-refractivity contribution in [2.24, 2.45) is 0 Å². The van der Waals surface area contributed by atoms with Crippen molar-refractivity contribution in [3.8, 4) is 11.3 Å². The SMILES string of the molecule is c1cc(-c2ccc3nc[nH]c3c2)nc(NC2CCOCC2)n1. The molecular weight excluding hydrogens is 278 g/mol. The van der Waals surface area contributed by atoms with Crippen molar-refractivity contribution >= 4 is 17.0 Å². The van der Waals surface area contributed by atoms with Crippen molar-refractivity contribution in [3.05, 3.63) is 36.8 Å². The van der Waals surface area contributed by atoms with Crippen LogP contribution in [0.5, 0.6) is 0 Å². The Bertz CT molecular complexity index is 779. The monoisotopic (exact) mass is 295 g/mol. The molecular formula is C16H17N5O. The lowest BCUT2D eigenvalue weighted by molar-refractivity contribution is 0.0903. The number of ether oxygens (including phenoxy) is 1. The van der Waals surface area contributed by atoms with Crippen LogP contribution in [0.4, 0.5) is 5.95 Å². The number of rotatable bonds is 3. The van der Waals surface area contributed by atoms with Crippen molar-refractivity contribution in [2.45, 2.75) is 18.9 Å². The van der Waals surface area contributed by atoms with Crippen LogP contribution in [0, 0.1) is 0 Å². The summed E-state index contributed by atoms with van der Waals surface area (Å²) in [7, 11) is 0. The molecule has 1 aliphatic rings. The van der Waals surface area contributed by atoms with Gasteiger partial charge in [0.1, 0.15) is 0 Å². The average Bonchev–Trinajstić information content (AvgIpc) is 3.04. The molecule has 2 aromatic heterocycles. The van der Waals surface area contributed by atoms with Gasteiger partial charge in [-0.25, -0.2) is 15.0 Å². The number of fused-ring (bicyclic) bond motifs is 1. The van der Waals surface area contributed by atoms with E-state index in [1.807, 2.05) is 18.2 Å². The van der Waals surface area contributed by atoms with Gasteiger partial charge in [0, 0.05) is 31.0 Å². The summed E-state index contributed by atoms with van der Waals surface area (Å²) in [6.45, 7) is 1.60. The smallest absolute Gasteiger partial charge is 0.223 e. The predicted octanol–water partition coefficient (Wildman–Crippen LogP) is 2.61. The first-order valence-electron chi connectivity index (χ1n) is 7.49. The lowest BCUT2D eigenvalue weighted by Gasteiger charge is -2.23. The summed E-state index contributed by atoms with van der Waals surface area (Å²) in [5.74, 6) is 0.675. The lowest BCUT2D eigenvalue weighted by Crippen LogP contribution is -2.28. The molecule has 0 amide bonds. The van der Waals surface area contributed by atoms with Crippen molar-refractivity contribution in [2.75, 3.05) is 18.5 Å². The summed E-state index contributed by atoms with van der Waals surface area (Å²) < 4.78 is 5.37. The summed E-state index contributed by atoms with van der Waals surface area (Å²) in [5.41, 5.74) is 3.92. The van der Waals surface area contributed by atoms with Gasteiger partial charge in [-0.2, -0.15) is 0 Å². The first-order chi connectivity index (χ1) is 10.9. The van der Waals surface area contributed by atoms with Gasteiger partial charge in [0.2, 0.25) is 5.95 Å². The summed E-state index contributed by atoms with van der Waals surface area (Å²) in [5, 5.41) is 3.40. The Morgan fingerprint density at radius 3 is 2.95 bits per heavy atom. The molecule has 1 fully saturated rings. The van der Waals surface area contributed by atoms with Gasteiger partial charge in [0.05, 0.1) is 23.1 Å². The van der Waals surface area contributed by atoms with Crippen LogP contribution in [-0.2, 0) is 4.74 Å². The first kappa shape index (κ1) is 13.2. The highest BCUT2D eigenvalue weighted by molar-refractivity contribution is 5.80. The van der Waals surface area contributed by atoms with Crippen LogP contribution in [-0.4, -0.2) is 39.2 Å². The topological polar surface area (TPSA) is 75.7 Å². The maximum Gasteiger partial charge on any atom is 0.223 e. The van der Waals surface area contributed by atoms with Gasteiger partial charge in [-0.1, -0.05) is 6.07 Å². The Morgan fingerprint density at radius 1 is 1.14 bits per heavy atom. The molecule has 0 atom stereocenters. The molecule has 6 heteroatoms. The molecule has 0 radical (unpaired) electrons. The standard InChI is InChI=1S/C16H17N5O/c1-2-14-15(19-10-18-14)9-11(1)13-3-6-17-16(21-13)20-12-4-7-22-8-5-12/h1-3,6,9-10,12H,4-5,7-8H2,(H,18,19)(H,17,20,21). The molecule has 1 aromatic carbocycles. The zero-order chi connectivity index (χ0) is 14.8. The Kier molecular flexibility index (Phi) is 3.44. The van der Waals surface area contributed by atoms with Crippen LogP contribution in [0.2, 0.25) is 0 Å². The van der Waals surface area contributed by atoms with E-state index in [-0.39, 0.29) is 0 Å². The minimum atomic E-state index is 0.388. The molecule has 3 heterocycles. The number of hydrogen-bond donors (Lipinski definition) is 2. The molecule has 0 bridgehead atoms. The number of aromatic nitrogens is 4. The Morgan fingerprint density at radius 2 is 2.05 bits per heavy atom. The zero-order valence-corrected chi connectivity index (χ0v) is 12.1. The first-order valence-corrected chi connectivity index (χ1v) is 7.49. The quantitative estimate of drug-likeness (QED) is 0.777. The second-order valence-corrected chi connectivity index (χ2v) is 5.43. The molecule has 0 aliphatic carbocycles. The van der Waals surface area contributed by atoms with Crippen LogP contribution < -0.4 is 5.32 Å². The van der Waals surface area contributed by atoms with E-state index in [2.05, 4.69) is 31.3 Å². The second kappa shape index (κ2) is 5.73. The number of anilines is 1. The van der Waals surface area contributed by atoms with E-state index in [9.17, 15) is 0 Å². The highest BCUT2D eigenvalue weighted by Crippen LogP contribution is 2.22. The Balaban J connectivity index is 1.60. The minimum Gasteiger partial charge on any atom is -0.381 e. The normalized spacial score (nSPS) is 16.0. The average molecular weight is 295 g/mol. The van der Waals surface area contributed by atoms with Crippen LogP contribution >= 0.6 is 0 Å². The molecule has 6 nitrogen and oxygen atoms in total. The van der Waals surface area contributed by atoms with Gasteiger partial charge in [-0.3, -0.25) is 0 Å². The van der Waals surface area contributed by atoms with Gasteiger partial charge < -0.3 is 15.0 Å². The fourth-order valence-corrected chi connectivity index (χ4v) is 2.71. The molecule has 0 spiro atoms. The van der Waals surface area contributed by atoms with Crippen molar-refractivity contribution in [3.63, 3.8) is 0 Å². The highest BCUT2D eigenvalue weighted by atomic mass is 16.5. The van der Waals surface area contributed by atoms with E-state index >= 15 is 0 Å². The summed E-state index contributed by atoms with van der Waals surface area (Å²) in [4.78, 5) is 16.3. The number of aromatic amines is 1. The lowest BCUT2D eigenvalue weighted by atomic mass is 10.1. The number of hydrogen-bond acceptors (Lipinski definition) is 5. The van der Waals surface area contributed by atoms with Crippen molar-refractivity contribution < 1.29 is 4.74 Å². The van der Waals surface area contributed by atoms with Crippen LogP contribution in [0.1, 0.15) is 12.8 Å². The summed E-state index contributed by atoms with van der Waals surface area (Å²) in [6, 6.07) is 8.40. The Hall–Kier alpha value is -2.47. The van der Waals surface area contributed by atoms with Gasteiger partial charge in [-0.15, -0.1) is 0 Å². The van der Waals surface area contributed by atoms with E-state index in [1.165, 1.54) is 0 Å². The van der Waals surface area contributed by atoms with Gasteiger partial charge >= 0.3 is 0 Å². The number of H-pyrrole nitrogens is 1. The molecule has 22 heavy (non-hydrogen) atoms. The Labute approximate surface area is 128 Å². The molecule has 1 aliphatic heterocycles. The molecule has 0 saturated carbocycles. The molecule has 2 N–H and O–H groups in total. The van der Waals surface area contributed by atoms with E-state index < -0.39 is 0 Å². The molecule has 0 unspecified atom stereocenters. The van der Waals surface area contributed by atoms with E-state index in [0.717, 1.165) is 48.3 Å². The van der Waals surface area contributed by atoms with Crippen LogP contribution in [0.3, 0.4) is 0 Å². The minimum absolute atomic E-state index is 0.388. The van der Waals surface area contributed by atoms with Gasteiger partial charge in [0.15, 0.2) is 0 Å². The van der Waals surface area contributed by atoms with E-state index in [4.69, 9.17) is 4.74 Å². The van der Waals surface area contributed by atoms with E-state index in [1.54, 1.807) is 12.5 Å². The number of nitrogens with zero attached hydrogens (tertiary/aromatic N) is 3. The third-order valence-corrected chi connectivity index (χ3v) is 3.93. The molecule has 3 aromatic rings. The third-order valence-electron chi connectivity index (χ3n) is 3.93. The van der Waals surface area contributed by atoms with Crippen LogP contribution in [0.15, 0.2) is 36.8 Å². The van der Waals surface area contributed by atoms with Crippen molar-refractivity contribution in [1.82, 2.24) is 19.9 Å². The number of benzene rings is 1. The summed E-state index contributed by atoms with van der Waals surface area (Å²) in [6.07, 6.45) is 5.48. The maximum atomic E-state index is 5.37. The largest absolute Gasteiger partial charge is 0.381 e. The predicted molar refractivity (Wildman–Crippen MR) is 84.6 cm³/mol. The third kappa shape index (κ3) is 2.65. The molecule has 112 valence electrons. The van der Waals surface area contributed by atoms with Crippen LogP contribution in [0.25, 0.3) is 22.3 Å². The fourth-order valence-electron chi connectivity index (χ4n) is 2.71. The van der Waals surface area contributed by atoms with E-state index in [0.29, 0.717) is 12.0 Å². The number of nitrogens with one attached hydrogen (secondary N) is 2. The van der Waals surface area contributed by atoms with Gasteiger partial charge in [0.25, 0.3) is 0 Å². The summed E-state index contributed by atoms with van der Waals surface area (Å²) >= 11 is 0. The number of imidazole rings is 1. The van der Waals surface area contributed by atoms with Crippen molar-refractivity contribution in [1.29, 1.82) is 0 Å². The maximum absolute atomic E-state index is 5.37. The van der Waals surface area contributed by atoms with Gasteiger partial charge in [-0.05, 0) is 31.0 Å². The highest BCUT2D eigenvalue weighted by Gasteiger charge is 2.14. The fraction of sp³-hybridized carbons (Fsp3) is 0.312. The second-order valence-electron chi connectivity index (χ2n) is 5.43. The molecule has 1 saturated heterocycles. The zero-order valence-electron chi connectivity index (χ0n) is 12.1.